The van der Waals surface area contributed by atoms with E-state index < -0.39 is 15.8 Å². The van der Waals surface area contributed by atoms with Gasteiger partial charge < -0.3 is 5.32 Å². The normalized spacial score (nSPS) is 11.3. The van der Waals surface area contributed by atoms with Gasteiger partial charge in [-0.05, 0) is 43.3 Å². The van der Waals surface area contributed by atoms with Crippen LogP contribution in [0.3, 0.4) is 0 Å². The van der Waals surface area contributed by atoms with Gasteiger partial charge in [0.05, 0.1) is 16.4 Å². The number of thiazole rings is 1. The first-order chi connectivity index (χ1) is 11.8. The van der Waals surface area contributed by atoms with Gasteiger partial charge in [-0.3, -0.25) is 4.72 Å². The molecule has 0 saturated carbocycles. The summed E-state index contributed by atoms with van der Waals surface area (Å²) >= 11 is 7.33. The lowest BCUT2D eigenvalue weighted by Crippen LogP contribution is -2.13. The lowest BCUT2D eigenvalue weighted by molar-refractivity contribution is 0.595. The number of nitrogens with zero attached hydrogens (tertiary/aromatic N) is 1. The molecule has 3 aromatic rings. The van der Waals surface area contributed by atoms with Crippen LogP contribution in [0.1, 0.15) is 5.69 Å². The van der Waals surface area contributed by atoms with Crippen molar-refractivity contribution in [2.24, 2.45) is 0 Å². The lowest BCUT2D eigenvalue weighted by Gasteiger charge is -2.11. The van der Waals surface area contributed by atoms with Crippen molar-refractivity contribution in [1.82, 2.24) is 4.98 Å². The quantitative estimate of drug-likeness (QED) is 0.649. The molecule has 9 heteroatoms. The van der Waals surface area contributed by atoms with Crippen LogP contribution in [0.25, 0.3) is 0 Å². The second-order valence-corrected chi connectivity index (χ2v) is 8.10. The maximum absolute atomic E-state index is 13.4. The van der Waals surface area contributed by atoms with Crippen LogP contribution in [0.2, 0.25) is 5.02 Å². The number of anilines is 3. The average Bonchev–Trinajstić information content (AvgIpc) is 2.94. The molecule has 1 heterocycles. The van der Waals surface area contributed by atoms with Crippen molar-refractivity contribution in [3.8, 4) is 0 Å². The van der Waals surface area contributed by atoms with Gasteiger partial charge in [0.2, 0.25) is 0 Å². The van der Waals surface area contributed by atoms with E-state index >= 15 is 0 Å². The zero-order valence-corrected chi connectivity index (χ0v) is 15.3. The van der Waals surface area contributed by atoms with Crippen molar-refractivity contribution < 1.29 is 12.8 Å². The molecule has 0 aliphatic carbocycles. The number of sulfonamides is 1. The van der Waals surface area contributed by atoms with Crippen molar-refractivity contribution in [2.45, 2.75) is 11.8 Å². The number of rotatable bonds is 5. The molecule has 5 nitrogen and oxygen atoms in total. The maximum atomic E-state index is 13.4. The molecule has 0 amide bonds. The highest BCUT2D eigenvalue weighted by Crippen LogP contribution is 2.27. The zero-order chi connectivity index (χ0) is 18.0. The number of aromatic nitrogens is 1. The zero-order valence-electron chi connectivity index (χ0n) is 13.0. The molecule has 3 rings (SSSR count). The molecule has 0 spiro atoms. The van der Waals surface area contributed by atoms with Gasteiger partial charge in [-0.15, -0.1) is 11.3 Å². The largest absolute Gasteiger partial charge is 0.331 e. The summed E-state index contributed by atoms with van der Waals surface area (Å²) in [6, 6.07) is 9.85. The first kappa shape index (κ1) is 17.7. The topological polar surface area (TPSA) is 71.1 Å². The Hall–Kier alpha value is -2.16. The first-order valence-electron chi connectivity index (χ1n) is 7.10. The number of aryl methyl sites for hydroxylation is 1. The summed E-state index contributed by atoms with van der Waals surface area (Å²) in [5, 5.41) is 5.65. The monoisotopic (exact) mass is 397 g/mol. The molecule has 2 aromatic carbocycles. The van der Waals surface area contributed by atoms with E-state index in [1.54, 1.807) is 24.3 Å². The van der Waals surface area contributed by atoms with Crippen molar-refractivity contribution in [3.05, 3.63) is 64.4 Å². The van der Waals surface area contributed by atoms with Crippen LogP contribution in [0.5, 0.6) is 0 Å². The molecule has 0 fully saturated rings. The molecule has 0 saturated heterocycles. The molecule has 130 valence electrons. The summed E-state index contributed by atoms with van der Waals surface area (Å²) < 4.78 is 40.7. The minimum absolute atomic E-state index is 0.0542. The van der Waals surface area contributed by atoms with Crippen LogP contribution in [-0.2, 0) is 10.0 Å². The van der Waals surface area contributed by atoms with E-state index in [-0.39, 0.29) is 9.92 Å². The standard InChI is InChI=1S/C16H13ClFN3O2S2/c1-10-9-24-16(19-10)20-12-3-2-4-13(8-12)21-25(22,23)15-7-11(18)5-6-14(15)17/h2-9,21H,1H3,(H,19,20). The molecular formula is C16H13ClFN3O2S2. The van der Waals surface area contributed by atoms with Gasteiger partial charge in [0, 0.05) is 11.1 Å². The predicted molar refractivity (Wildman–Crippen MR) is 98.8 cm³/mol. The summed E-state index contributed by atoms with van der Waals surface area (Å²) in [5.41, 5.74) is 1.88. The SMILES string of the molecule is Cc1csc(Nc2cccc(NS(=O)(=O)c3cc(F)ccc3Cl)c2)n1. The van der Waals surface area contributed by atoms with Crippen LogP contribution in [0.15, 0.2) is 52.7 Å². The molecule has 25 heavy (non-hydrogen) atoms. The van der Waals surface area contributed by atoms with Crippen LogP contribution in [-0.4, -0.2) is 13.4 Å². The van der Waals surface area contributed by atoms with Crippen LogP contribution < -0.4 is 10.0 Å². The molecular weight excluding hydrogens is 385 g/mol. The third kappa shape index (κ3) is 4.28. The Morgan fingerprint density at radius 1 is 1.16 bits per heavy atom. The van der Waals surface area contributed by atoms with Crippen molar-refractivity contribution in [1.29, 1.82) is 0 Å². The smallest absolute Gasteiger partial charge is 0.263 e. The number of hydrogen-bond donors (Lipinski definition) is 2. The van der Waals surface area contributed by atoms with Gasteiger partial charge >= 0.3 is 0 Å². The van der Waals surface area contributed by atoms with Gasteiger partial charge in [-0.25, -0.2) is 17.8 Å². The Morgan fingerprint density at radius 2 is 1.92 bits per heavy atom. The van der Waals surface area contributed by atoms with Gasteiger partial charge in [0.15, 0.2) is 5.13 Å². The summed E-state index contributed by atoms with van der Waals surface area (Å²) in [5.74, 6) is -0.681. The van der Waals surface area contributed by atoms with Gasteiger partial charge in [0.1, 0.15) is 10.7 Å². The average molecular weight is 398 g/mol. The number of benzene rings is 2. The van der Waals surface area contributed by atoms with Crippen molar-refractivity contribution in [3.63, 3.8) is 0 Å². The van der Waals surface area contributed by atoms with E-state index in [1.165, 1.54) is 17.4 Å². The van der Waals surface area contributed by atoms with E-state index in [0.717, 1.165) is 17.8 Å². The minimum Gasteiger partial charge on any atom is -0.331 e. The fourth-order valence-corrected chi connectivity index (χ4v) is 4.36. The molecule has 0 aliphatic rings. The van der Waals surface area contributed by atoms with Gasteiger partial charge in [0.25, 0.3) is 10.0 Å². The second kappa shape index (κ2) is 6.99. The number of halogens is 2. The summed E-state index contributed by atoms with van der Waals surface area (Å²) in [6.07, 6.45) is 0. The fourth-order valence-electron chi connectivity index (χ4n) is 2.09. The lowest BCUT2D eigenvalue weighted by atomic mass is 10.3. The number of hydrogen-bond acceptors (Lipinski definition) is 5. The summed E-state index contributed by atoms with van der Waals surface area (Å²) in [4.78, 5) is 3.97. The highest BCUT2D eigenvalue weighted by Gasteiger charge is 2.19. The van der Waals surface area contributed by atoms with E-state index in [9.17, 15) is 12.8 Å². The molecule has 2 N–H and O–H groups in total. The van der Waals surface area contributed by atoms with E-state index in [2.05, 4.69) is 15.0 Å². The highest BCUT2D eigenvalue weighted by atomic mass is 35.5. The fraction of sp³-hybridized carbons (Fsp3) is 0.0625. The number of nitrogens with one attached hydrogen (secondary N) is 2. The van der Waals surface area contributed by atoms with Gasteiger partial charge in [-0.1, -0.05) is 17.7 Å². The summed E-state index contributed by atoms with van der Waals surface area (Å²) in [7, 11) is -4.01. The van der Waals surface area contributed by atoms with E-state index in [0.29, 0.717) is 16.5 Å². The highest BCUT2D eigenvalue weighted by molar-refractivity contribution is 7.92. The Bertz CT molecular complexity index is 1020. The third-order valence-corrected chi connectivity index (χ3v) is 5.91. The molecule has 0 bridgehead atoms. The molecule has 0 aliphatic heterocycles. The van der Waals surface area contributed by atoms with Crippen LogP contribution in [0.4, 0.5) is 20.9 Å². The van der Waals surface area contributed by atoms with Crippen LogP contribution in [0, 0.1) is 12.7 Å². The van der Waals surface area contributed by atoms with Gasteiger partial charge in [-0.2, -0.15) is 0 Å². The molecule has 0 atom stereocenters. The minimum atomic E-state index is -4.01. The van der Waals surface area contributed by atoms with Crippen LogP contribution >= 0.6 is 22.9 Å². The molecule has 0 unspecified atom stereocenters. The summed E-state index contributed by atoms with van der Waals surface area (Å²) in [6.45, 7) is 1.88. The molecule has 1 aromatic heterocycles. The Morgan fingerprint density at radius 3 is 2.64 bits per heavy atom. The van der Waals surface area contributed by atoms with E-state index in [4.69, 9.17) is 11.6 Å². The Balaban J connectivity index is 1.85. The Kier molecular flexibility index (Phi) is 4.94. The predicted octanol–water partition coefficient (Wildman–Crippen LogP) is 4.79. The Labute approximate surface area is 153 Å². The first-order valence-corrected chi connectivity index (χ1v) is 9.85. The second-order valence-electron chi connectivity index (χ2n) is 5.18. The van der Waals surface area contributed by atoms with E-state index in [1.807, 2.05) is 12.3 Å². The molecule has 0 radical (unpaired) electrons. The van der Waals surface area contributed by atoms with Crippen molar-refractivity contribution >= 4 is 49.5 Å². The maximum Gasteiger partial charge on any atom is 0.263 e. The third-order valence-electron chi connectivity index (χ3n) is 3.17. The van der Waals surface area contributed by atoms with Crippen molar-refractivity contribution in [2.75, 3.05) is 10.0 Å².